The maximum atomic E-state index is 4.29. The first-order valence-corrected chi connectivity index (χ1v) is 7.02. The summed E-state index contributed by atoms with van der Waals surface area (Å²) < 4.78 is 0. The molecule has 78 valence electrons. The second-order valence-corrected chi connectivity index (χ2v) is 5.24. The van der Waals surface area contributed by atoms with Gasteiger partial charge >= 0.3 is 0 Å². The van der Waals surface area contributed by atoms with Gasteiger partial charge in [0, 0.05) is 5.25 Å². The summed E-state index contributed by atoms with van der Waals surface area (Å²) in [6, 6.07) is 8.92. The van der Waals surface area contributed by atoms with E-state index in [2.05, 4.69) is 56.7 Å². The van der Waals surface area contributed by atoms with Gasteiger partial charge < -0.3 is 0 Å². The first-order chi connectivity index (χ1) is 6.69. The Labute approximate surface area is 96.3 Å². The topological polar surface area (TPSA) is 0 Å². The van der Waals surface area contributed by atoms with Crippen LogP contribution in [-0.2, 0) is 0 Å². The van der Waals surface area contributed by atoms with E-state index in [9.17, 15) is 0 Å². The molecular weight excluding hydrogens is 208 g/mol. The van der Waals surface area contributed by atoms with Crippen LogP contribution < -0.4 is 0 Å². The first-order valence-electron chi connectivity index (χ1n) is 5.09. The van der Waals surface area contributed by atoms with Gasteiger partial charge in [-0.2, -0.15) is 0 Å². The van der Waals surface area contributed by atoms with Crippen molar-refractivity contribution < 1.29 is 0 Å². The molecule has 0 nitrogen and oxygen atoms in total. The summed E-state index contributed by atoms with van der Waals surface area (Å²) in [5.41, 5.74) is 2.80. The van der Waals surface area contributed by atoms with Crippen molar-refractivity contribution in [1.82, 2.24) is 0 Å². The second kappa shape index (κ2) is 5.72. The van der Waals surface area contributed by atoms with Gasteiger partial charge in [0.15, 0.2) is 0 Å². The number of thiol groups is 1. The molecule has 0 saturated heterocycles. The monoisotopic (exact) mass is 226 g/mol. The van der Waals surface area contributed by atoms with Crippen LogP contribution in [0.3, 0.4) is 0 Å². The van der Waals surface area contributed by atoms with E-state index in [0.29, 0.717) is 11.2 Å². The van der Waals surface area contributed by atoms with Crippen LogP contribution in [0.25, 0.3) is 0 Å². The zero-order chi connectivity index (χ0) is 10.6. The minimum Gasteiger partial charge on any atom is -0.111 e. The van der Waals surface area contributed by atoms with Crippen molar-refractivity contribution >= 4 is 22.5 Å². The molecule has 0 spiro atoms. The molecule has 2 heteroatoms. The fourth-order valence-electron chi connectivity index (χ4n) is 1.47. The highest BCUT2D eigenvalue weighted by molar-refractivity contribution is 8.68. The van der Waals surface area contributed by atoms with Crippen LogP contribution in [0.4, 0.5) is 0 Å². The van der Waals surface area contributed by atoms with Crippen LogP contribution >= 0.6 is 22.5 Å². The average molecular weight is 226 g/mol. The van der Waals surface area contributed by atoms with E-state index in [1.165, 1.54) is 11.1 Å². The molecule has 0 radical (unpaired) electrons. The fourth-order valence-corrected chi connectivity index (χ4v) is 2.71. The van der Waals surface area contributed by atoms with Gasteiger partial charge in [-0.1, -0.05) is 55.8 Å². The number of hydrogen-bond acceptors (Lipinski definition) is 2. The van der Waals surface area contributed by atoms with Gasteiger partial charge in [0.25, 0.3) is 0 Å². The summed E-state index contributed by atoms with van der Waals surface area (Å²) in [6.07, 6.45) is 1.13. The van der Waals surface area contributed by atoms with Crippen LogP contribution in [0, 0.1) is 0 Å². The van der Waals surface area contributed by atoms with Gasteiger partial charge in [-0.15, -0.1) is 11.7 Å². The van der Waals surface area contributed by atoms with Gasteiger partial charge in [0.05, 0.1) is 0 Å². The Morgan fingerprint density at radius 1 is 1.14 bits per heavy atom. The van der Waals surface area contributed by atoms with Crippen LogP contribution in [0.15, 0.2) is 24.3 Å². The number of benzene rings is 1. The van der Waals surface area contributed by atoms with Crippen LogP contribution in [0.5, 0.6) is 0 Å². The summed E-state index contributed by atoms with van der Waals surface area (Å²) in [5.74, 6) is 0.618. The molecule has 0 aliphatic heterocycles. The van der Waals surface area contributed by atoms with E-state index in [-0.39, 0.29) is 0 Å². The molecule has 0 N–H and O–H groups in total. The predicted molar refractivity (Wildman–Crippen MR) is 70.1 cm³/mol. The van der Waals surface area contributed by atoms with Crippen molar-refractivity contribution in [2.45, 2.75) is 38.4 Å². The molecule has 0 aliphatic rings. The van der Waals surface area contributed by atoms with Crippen LogP contribution in [-0.4, -0.2) is 0 Å². The molecule has 1 atom stereocenters. The minimum absolute atomic E-state index is 0.527. The van der Waals surface area contributed by atoms with Crippen molar-refractivity contribution in [2.75, 3.05) is 0 Å². The molecule has 0 saturated carbocycles. The molecule has 0 aromatic heterocycles. The lowest BCUT2D eigenvalue weighted by Crippen LogP contribution is -1.92. The van der Waals surface area contributed by atoms with Crippen LogP contribution in [0.2, 0.25) is 0 Å². The average Bonchev–Trinajstić information content (AvgIpc) is 2.20. The van der Waals surface area contributed by atoms with Gasteiger partial charge in [-0.3, -0.25) is 0 Å². The van der Waals surface area contributed by atoms with Gasteiger partial charge in [0.2, 0.25) is 0 Å². The largest absolute Gasteiger partial charge is 0.111 e. The van der Waals surface area contributed by atoms with Crippen LogP contribution in [0.1, 0.15) is 49.5 Å². The van der Waals surface area contributed by atoms with E-state index in [0.717, 1.165) is 6.42 Å². The Morgan fingerprint density at radius 2 is 1.64 bits per heavy atom. The Morgan fingerprint density at radius 3 is 2.00 bits per heavy atom. The van der Waals surface area contributed by atoms with Gasteiger partial charge in [-0.05, 0) is 23.5 Å². The van der Waals surface area contributed by atoms with Gasteiger partial charge in [0.1, 0.15) is 0 Å². The summed E-state index contributed by atoms with van der Waals surface area (Å²) in [4.78, 5) is 0. The Bertz CT molecular complexity index is 260. The summed E-state index contributed by atoms with van der Waals surface area (Å²) in [7, 11) is 1.63. The molecule has 1 aromatic rings. The zero-order valence-corrected chi connectivity index (χ0v) is 10.7. The van der Waals surface area contributed by atoms with Crippen molar-refractivity contribution in [2.24, 2.45) is 0 Å². The molecule has 0 aliphatic carbocycles. The third kappa shape index (κ3) is 2.96. The van der Waals surface area contributed by atoms with Crippen molar-refractivity contribution in [3.63, 3.8) is 0 Å². The lowest BCUT2D eigenvalue weighted by molar-refractivity contribution is 0.858. The predicted octanol–water partition coefficient (Wildman–Crippen LogP) is 4.84. The van der Waals surface area contributed by atoms with Crippen molar-refractivity contribution in [3.8, 4) is 0 Å². The molecule has 0 fully saturated rings. The molecule has 1 unspecified atom stereocenters. The molecule has 0 bridgehead atoms. The van der Waals surface area contributed by atoms with Crippen molar-refractivity contribution in [3.05, 3.63) is 35.4 Å². The molecule has 1 aromatic carbocycles. The SMILES string of the molecule is CCC(SS)c1ccc(C(C)C)cc1. The Hall–Kier alpha value is -0.0800. The normalized spacial score (nSPS) is 13.2. The van der Waals surface area contributed by atoms with E-state index >= 15 is 0 Å². The maximum absolute atomic E-state index is 4.29. The summed E-state index contributed by atoms with van der Waals surface area (Å²) in [5, 5.41) is 0.527. The highest BCUT2D eigenvalue weighted by atomic mass is 33.1. The van der Waals surface area contributed by atoms with E-state index in [4.69, 9.17) is 0 Å². The molecular formula is C12H18S2. The lowest BCUT2D eigenvalue weighted by Gasteiger charge is -2.12. The molecule has 0 amide bonds. The third-order valence-electron chi connectivity index (χ3n) is 2.47. The Kier molecular flexibility index (Phi) is 4.90. The molecule has 0 heterocycles. The quantitative estimate of drug-likeness (QED) is 0.566. The van der Waals surface area contributed by atoms with Crippen molar-refractivity contribution in [1.29, 1.82) is 0 Å². The van der Waals surface area contributed by atoms with E-state index in [1.807, 2.05) is 0 Å². The molecule has 14 heavy (non-hydrogen) atoms. The second-order valence-electron chi connectivity index (χ2n) is 3.82. The smallest absolute Gasteiger partial charge is 0.0396 e. The summed E-state index contributed by atoms with van der Waals surface area (Å²) >= 11 is 4.29. The lowest BCUT2D eigenvalue weighted by atomic mass is 10.0. The number of hydrogen-bond donors (Lipinski definition) is 1. The highest BCUT2D eigenvalue weighted by Gasteiger charge is 2.08. The maximum Gasteiger partial charge on any atom is 0.0396 e. The standard InChI is InChI=1S/C12H18S2/c1-4-12(14-13)11-7-5-10(6-8-11)9(2)3/h5-9,12-13H,4H2,1-3H3. The molecule has 1 rings (SSSR count). The van der Waals surface area contributed by atoms with E-state index in [1.54, 1.807) is 10.8 Å². The highest BCUT2D eigenvalue weighted by Crippen LogP contribution is 2.34. The van der Waals surface area contributed by atoms with E-state index < -0.39 is 0 Å². The van der Waals surface area contributed by atoms with Gasteiger partial charge in [-0.25, -0.2) is 0 Å². The fraction of sp³-hybridized carbons (Fsp3) is 0.500. The third-order valence-corrected chi connectivity index (χ3v) is 4.10. The minimum atomic E-state index is 0.527. The zero-order valence-electron chi connectivity index (χ0n) is 9.03. The number of rotatable bonds is 4. The first kappa shape index (κ1) is 12.0. The Balaban J connectivity index is 2.81. The summed E-state index contributed by atoms with van der Waals surface area (Å²) in [6.45, 7) is 6.64.